The van der Waals surface area contributed by atoms with E-state index in [2.05, 4.69) is 26.0 Å². The summed E-state index contributed by atoms with van der Waals surface area (Å²) in [5.41, 5.74) is 1.53. The van der Waals surface area contributed by atoms with Crippen molar-refractivity contribution >= 4 is 43.2 Å². The van der Waals surface area contributed by atoms with Crippen LogP contribution in [-0.4, -0.2) is 14.3 Å². The van der Waals surface area contributed by atoms with Crippen molar-refractivity contribution in [2.24, 2.45) is 0 Å². The largest absolute Gasteiger partial charge is 0.322 e. The van der Waals surface area contributed by atoms with Gasteiger partial charge in [-0.05, 0) is 73.2 Å². The summed E-state index contributed by atoms with van der Waals surface area (Å²) in [5, 5.41) is 2.63. The minimum Gasteiger partial charge on any atom is -0.322 e. The molecule has 8 heteroatoms. The van der Waals surface area contributed by atoms with Crippen molar-refractivity contribution in [2.75, 3.05) is 10.0 Å². The molecule has 144 valence electrons. The number of anilines is 2. The highest BCUT2D eigenvalue weighted by Gasteiger charge is 2.18. The lowest BCUT2D eigenvalue weighted by atomic mass is 10.2. The standard InChI is InChI=1S/C20H16BrFN2O3S/c1-13-2-9-18(23-20(25)14-3-7-16(22)8-4-14)12-19(13)28(26,27)24-17-10-5-15(21)6-11-17/h2-12,24H,1H3,(H,23,25). The minimum atomic E-state index is -3.85. The van der Waals surface area contributed by atoms with Crippen LogP contribution in [0.2, 0.25) is 0 Å². The normalized spacial score (nSPS) is 11.1. The number of halogens is 2. The number of sulfonamides is 1. The van der Waals surface area contributed by atoms with E-state index in [0.717, 1.165) is 4.47 Å². The molecule has 28 heavy (non-hydrogen) atoms. The molecule has 3 rings (SSSR count). The number of aryl methyl sites for hydroxylation is 1. The van der Waals surface area contributed by atoms with Gasteiger partial charge in [-0.3, -0.25) is 9.52 Å². The predicted octanol–water partition coefficient (Wildman–Crippen LogP) is 4.95. The van der Waals surface area contributed by atoms with Crippen LogP contribution in [0.4, 0.5) is 15.8 Å². The lowest BCUT2D eigenvalue weighted by Crippen LogP contribution is -2.16. The van der Waals surface area contributed by atoms with Gasteiger partial charge in [0.2, 0.25) is 0 Å². The molecule has 1 amide bonds. The topological polar surface area (TPSA) is 75.3 Å². The van der Waals surface area contributed by atoms with Crippen LogP contribution in [0.15, 0.2) is 76.1 Å². The zero-order valence-electron chi connectivity index (χ0n) is 14.7. The van der Waals surface area contributed by atoms with Gasteiger partial charge in [-0.25, -0.2) is 12.8 Å². The zero-order valence-corrected chi connectivity index (χ0v) is 17.1. The zero-order chi connectivity index (χ0) is 20.3. The Morgan fingerprint density at radius 3 is 2.18 bits per heavy atom. The van der Waals surface area contributed by atoms with Crippen molar-refractivity contribution in [1.29, 1.82) is 0 Å². The summed E-state index contributed by atoms with van der Waals surface area (Å²) >= 11 is 3.30. The Morgan fingerprint density at radius 2 is 1.54 bits per heavy atom. The van der Waals surface area contributed by atoms with Gasteiger partial charge in [-0.15, -0.1) is 0 Å². The van der Waals surface area contributed by atoms with Crippen LogP contribution < -0.4 is 10.0 Å². The highest BCUT2D eigenvalue weighted by Crippen LogP contribution is 2.24. The highest BCUT2D eigenvalue weighted by molar-refractivity contribution is 9.10. The fourth-order valence-electron chi connectivity index (χ4n) is 2.50. The van der Waals surface area contributed by atoms with Crippen LogP contribution in [0.5, 0.6) is 0 Å². The molecular formula is C20H16BrFN2O3S. The Balaban J connectivity index is 1.85. The molecule has 3 aromatic carbocycles. The Hall–Kier alpha value is -2.71. The maximum Gasteiger partial charge on any atom is 0.262 e. The summed E-state index contributed by atoms with van der Waals surface area (Å²) in [5.74, 6) is -0.910. The average molecular weight is 463 g/mol. The molecule has 0 bridgehead atoms. The number of nitrogens with one attached hydrogen (secondary N) is 2. The smallest absolute Gasteiger partial charge is 0.262 e. The summed E-state index contributed by atoms with van der Waals surface area (Å²) in [4.78, 5) is 12.3. The van der Waals surface area contributed by atoms with E-state index in [0.29, 0.717) is 16.9 Å². The van der Waals surface area contributed by atoms with E-state index in [1.165, 1.54) is 30.3 Å². The van der Waals surface area contributed by atoms with Crippen LogP contribution in [-0.2, 0) is 10.0 Å². The third-order valence-electron chi connectivity index (χ3n) is 3.94. The number of carbonyl (C=O) groups excluding carboxylic acids is 1. The molecule has 0 radical (unpaired) electrons. The van der Waals surface area contributed by atoms with Gasteiger partial charge in [0.15, 0.2) is 0 Å². The van der Waals surface area contributed by atoms with Crippen LogP contribution in [0, 0.1) is 12.7 Å². The summed E-state index contributed by atoms with van der Waals surface area (Å²) in [7, 11) is -3.85. The van der Waals surface area contributed by atoms with Gasteiger partial charge in [0.25, 0.3) is 15.9 Å². The maximum absolute atomic E-state index is 13.0. The van der Waals surface area contributed by atoms with Crippen molar-refractivity contribution in [3.05, 3.63) is 88.1 Å². The summed E-state index contributed by atoms with van der Waals surface area (Å²) in [6, 6.07) is 16.4. The molecule has 0 heterocycles. The van der Waals surface area contributed by atoms with E-state index in [-0.39, 0.29) is 10.5 Å². The molecule has 0 aliphatic rings. The summed E-state index contributed by atoms with van der Waals surface area (Å²) in [6.07, 6.45) is 0. The van der Waals surface area contributed by atoms with Gasteiger partial charge in [0.1, 0.15) is 5.82 Å². The number of hydrogen-bond acceptors (Lipinski definition) is 3. The van der Waals surface area contributed by atoms with Gasteiger partial charge < -0.3 is 5.32 Å². The van der Waals surface area contributed by atoms with E-state index < -0.39 is 21.7 Å². The molecular weight excluding hydrogens is 447 g/mol. The third-order valence-corrected chi connectivity index (χ3v) is 5.99. The molecule has 0 saturated heterocycles. The number of amides is 1. The van der Waals surface area contributed by atoms with Crippen molar-refractivity contribution in [1.82, 2.24) is 0 Å². The van der Waals surface area contributed by atoms with Crippen LogP contribution in [0.1, 0.15) is 15.9 Å². The van der Waals surface area contributed by atoms with E-state index in [1.807, 2.05) is 0 Å². The number of hydrogen-bond donors (Lipinski definition) is 2. The molecule has 0 spiro atoms. The monoisotopic (exact) mass is 462 g/mol. The van der Waals surface area contributed by atoms with Gasteiger partial charge in [-0.2, -0.15) is 0 Å². The second-order valence-electron chi connectivity index (χ2n) is 6.05. The Kier molecular flexibility index (Phi) is 5.81. The fraction of sp³-hybridized carbons (Fsp3) is 0.0500. The van der Waals surface area contributed by atoms with Crippen molar-refractivity contribution in [3.8, 4) is 0 Å². The Morgan fingerprint density at radius 1 is 0.929 bits per heavy atom. The first-order valence-corrected chi connectivity index (χ1v) is 10.5. The van der Waals surface area contributed by atoms with Gasteiger partial charge in [-0.1, -0.05) is 22.0 Å². The highest BCUT2D eigenvalue weighted by atomic mass is 79.9. The fourth-order valence-corrected chi connectivity index (χ4v) is 4.09. The number of benzene rings is 3. The summed E-state index contributed by atoms with van der Waals surface area (Å²) < 4.78 is 41.9. The Bertz CT molecular complexity index is 1120. The molecule has 0 unspecified atom stereocenters. The molecule has 2 N–H and O–H groups in total. The number of carbonyl (C=O) groups is 1. The predicted molar refractivity (Wildman–Crippen MR) is 110 cm³/mol. The van der Waals surface area contributed by atoms with E-state index in [9.17, 15) is 17.6 Å². The van der Waals surface area contributed by atoms with Crippen LogP contribution in [0.25, 0.3) is 0 Å². The van der Waals surface area contributed by atoms with E-state index in [1.54, 1.807) is 43.3 Å². The first kappa shape index (κ1) is 20.0. The van der Waals surface area contributed by atoms with Gasteiger partial charge in [0, 0.05) is 21.4 Å². The van der Waals surface area contributed by atoms with Crippen molar-refractivity contribution in [3.63, 3.8) is 0 Å². The molecule has 0 fully saturated rings. The van der Waals surface area contributed by atoms with Gasteiger partial charge >= 0.3 is 0 Å². The SMILES string of the molecule is Cc1ccc(NC(=O)c2ccc(F)cc2)cc1S(=O)(=O)Nc1ccc(Br)cc1. The van der Waals surface area contributed by atoms with Gasteiger partial charge in [0.05, 0.1) is 4.90 Å². The lowest BCUT2D eigenvalue weighted by molar-refractivity contribution is 0.102. The molecule has 0 saturated carbocycles. The minimum absolute atomic E-state index is 0.0484. The molecule has 5 nitrogen and oxygen atoms in total. The number of rotatable bonds is 5. The maximum atomic E-state index is 13.0. The Labute approximate surface area is 170 Å². The molecule has 3 aromatic rings. The summed E-state index contributed by atoms with van der Waals surface area (Å²) in [6.45, 7) is 1.67. The molecule has 0 aliphatic carbocycles. The average Bonchev–Trinajstić information content (AvgIpc) is 2.65. The third kappa shape index (κ3) is 4.76. The van der Waals surface area contributed by atoms with E-state index in [4.69, 9.17) is 0 Å². The van der Waals surface area contributed by atoms with Crippen LogP contribution in [0.3, 0.4) is 0 Å². The second-order valence-corrected chi connectivity index (χ2v) is 8.62. The second kappa shape index (κ2) is 8.12. The molecule has 0 aromatic heterocycles. The van der Waals surface area contributed by atoms with Crippen molar-refractivity contribution < 1.29 is 17.6 Å². The van der Waals surface area contributed by atoms with Crippen LogP contribution >= 0.6 is 15.9 Å². The quantitative estimate of drug-likeness (QED) is 0.563. The van der Waals surface area contributed by atoms with Crippen molar-refractivity contribution in [2.45, 2.75) is 11.8 Å². The molecule has 0 aliphatic heterocycles. The van der Waals surface area contributed by atoms with E-state index >= 15 is 0 Å². The lowest BCUT2D eigenvalue weighted by Gasteiger charge is -2.13. The first-order chi connectivity index (χ1) is 13.2. The first-order valence-electron chi connectivity index (χ1n) is 8.20. The molecule has 0 atom stereocenters.